The zero-order valence-corrected chi connectivity index (χ0v) is 12.8. The number of aromatic nitrogens is 3. The van der Waals surface area contributed by atoms with Gasteiger partial charge < -0.3 is 10.1 Å². The Hall–Kier alpha value is -2.61. The van der Waals surface area contributed by atoms with Gasteiger partial charge in [-0.1, -0.05) is 0 Å². The summed E-state index contributed by atoms with van der Waals surface area (Å²) < 4.78 is 21.2. The maximum absolute atomic E-state index is 14.3. The van der Waals surface area contributed by atoms with E-state index in [-0.39, 0.29) is 11.5 Å². The van der Waals surface area contributed by atoms with Gasteiger partial charge in [0.2, 0.25) is 0 Å². The minimum Gasteiger partial charge on any atom is -0.489 e. The zero-order valence-electron chi connectivity index (χ0n) is 12.0. The largest absolute Gasteiger partial charge is 0.489 e. The molecule has 6 nitrogen and oxygen atoms in total. The highest BCUT2D eigenvalue weighted by Gasteiger charge is 2.16. The van der Waals surface area contributed by atoms with E-state index in [2.05, 4.69) is 15.5 Å². The predicted octanol–water partition coefficient (Wildman–Crippen LogP) is 2.29. The normalized spacial score (nSPS) is 13.3. The zero-order chi connectivity index (χ0) is 15.8. The molecule has 1 aromatic carbocycles. The van der Waals surface area contributed by atoms with E-state index in [4.69, 9.17) is 4.74 Å². The molecule has 8 heteroatoms. The summed E-state index contributed by atoms with van der Waals surface area (Å²) in [6.45, 7) is 1.65. The van der Waals surface area contributed by atoms with Crippen LogP contribution >= 0.6 is 11.3 Å². The number of aromatic amines is 1. The molecule has 2 N–H and O–H groups in total. The average Bonchev–Trinajstić information content (AvgIpc) is 3.17. The van der Waals surface area contributed by atoms with Crippen LogP contribution in [0.3, 0.4) is 0 Å². The molecule has 0 radical (unpaired) electrons. The fraction of sp³-hybridized carbons (Fsp3) is 0.200. The Balaban J connectivity index is 1.66. The molecule has 0 unspecified atom stereocenters. The van der Waals surface area contributed by atoms with E-state index in [0.29, 0.717) is 31.0 Å². The Morgan fingerprint density at radius 2 is 2.30 bits per heavy atom. The maximum Gasteiger partial charge on any atom is 0.343 e. The van der Waals surface area contributed by atoms with Crippen molar-refractivity contribution in [2.45, 2.75) is 6.54 Å². The van der Waals surface area contributed by atoms with Crippen LogP contribution in [0, 0.1) is 5.82 Å². The van der Waals surface area contributed by atoms with Gasteiger partial charge in [-0.3, -0.25) is 4.57 Å². The summed E-state index contributed by atoms with van der Waals surface area (Å²) in [6, 6.07) is 6.93. The molecule has 3 aromatic rings. The molecule has 2 aromatic heterocycles. The van der Waals surface area contributed by atoms with Crippen molar-refractivity contribution in [2.75, 3.05) is 18.5 Å². The summed E-state index contributed by atoms with van der Waals surface area (Å²) in [5, 5.41) is 9.25. The molecular weight excluding hydrogens is 319 g/mol. The Morgan fingerprint density at radius 1 is 1.39 bits per heavy atom. The van der Waals surface area contributed by atoms with Gasteiger partial charge in [-0.25, -0.2) is 14.3 Å². The first-order valence-corrected chi connectivity index (χ1v) is 7.91. The van der Waals surface area contributed by atoms with Crippen LogP contribution in [0.2, 0.25) is 0 Å². The summed E-state index contributed by atoms with van der Waals surface area (Å²) in [5.41, 5.74) is 1.06. The van der Waals surface area contributed by atoms with Crippen molar-refractivity contribution in [3.05, 3.63) is 51.8 Å². The van der Waals surface area contributed by atoms with Gasteiger partial charge in [0, 0.05) is 27.9 Å². The van der Waals surface area contributed by atoms with Crippen molar-refractivity contribution >= 4 is 17.0 Å². The van der Waals surface area contributed by atoms with Crippen molar-refractivity contribution in [1.82, 2.24) is 14.8 Å². The van der Waals surface area contributed by atoms with Crippen LogP contribution in [0.15, 0.2) is 35.4 Å². The van der Waals surface area contributed by atoms with Crippen molar-refractivity contribution in [1.29, 1.82) is 0 Å². The number of H-pyrrole nitrogens is 1. The number of thiophene rings is 1. The van der Waals surface area contributed by atoms with Gasteiger partial charge in [0.15, 0.2) is 0 Å². The topological polar surface area (TPSA) is 71.9 Å². The number of benzene rings is 1. The average molecular weight is 332 g/mol. The second kappa shape index (κ2) is 5.54. The highest BCUT2D eigenvalue weighted by molar-refractivity contribution is 7.15. The van der Waals surface area contributed by atoms with Gasteiger partial charge in [-0.2, -0.15) is 5.10 Å². The lowest BCUT2D eigenvalue weighted by atomic mass is 10.1. The molecule has 0 spiro atoms. The Morgan fingerprint density at radius 3 is 3.13 bits per heavy atom. The molecule has 0 atom stereocenters. The SMILES string of the molecule is O=c1[nH]ncn1Cc1ccc(-c2cc3c(cc2F)OCCN3)s1. The third-order valence-electron chi connectivity index (χ3n) is 3.62. The maximum atomic E-state index is 14.3. The molecule has 0 saturated carbocycles. The number of rotatable bonds is 3. The summed E-state index contributed by atoms with van der Waals surface area (Å²) in [7, 11) is 0. The number of ether oxygens (including phenoxy) is 1. The Labute approximate surface area is 134 Å². The molecule has 3 heterocycles. The summed E-state index contributed by atoms with van der Waals surface area (Å²) in [4.78, 5) is 13.2. The van der Waals surface area contributed by atoms with Gasteiger partial charge in [0.05, 0.1) is 12.2 Å². The standard InChI is InChI=1S/C15H13FN4O2S/c16-11-6-13-12(17-3-4-22-13)5-10(11)14-2-1-9(23-14)7-20-8-18-19-15(20)21/h1-2,5-6,8,17H,3-4,7H2,(H,19,21). The minimum absolute atomic E-state index is 0.263. The lowest BCUT2D eigenvalue weighted by Gasteiger charge is -2.20. The number of nitrogens with zero attached hydrogens (tertiary/aromatic N) is 2. The van der Waals surface area contributed by atoms with Crippen LogP contribution in [0.4, 0.5) is 10.1 Å². The third kappa shape index (κ3) is 2.61. The van der Waals surface area contributed by atoms with E-state index in [9.17, 15) is 9.18 Å². The molecule has 0 amide bonds. The lowest BCUT2D eigenvalue weighted by Crippen LogP contribution is -2.18. The Bertz CT molecular complexity index is 914. The fourth-order valence-electron chi connectivity index (χ4n) is 2.51. The van der Waals surface area contributed by atoms with Gasteiger partial charge >= 0.3 is 5.69 Å². The van der Waals surface area contributed by atoms with Crippen molar-refractivity contribution in [3.8, 4) is 16.2 Å². The molecule has 0 bridgehead atoms. The quantitative estimate of drug-likeness (QED) is 0.772. The molecular formula is C15H13FN4O2S. The van der Waals surface area contributed by atoms with Crippen molar-refractivity contribution < 1.29 is 9.13 Å². The number of hydrogen-bond acceptors (Lipinski definition) is 5. The second-order valence-electron chi connectivity index (χ2n) is 5.16. The smallest absolute Gasteiger partial charge is 0.343 e. The summed E-state index contributed by atoms with van der Waals surface area (Å²) in [5.74, 6) is 0.223. The Kier molecular flexibility index (Phi) is 3.38. The van der Waals surface area contributed by atoms with Crippen LogP contribution in [-0.2, 0) is 6.54 Å². The van der Waals surface area contributed by atoms with Crippen LogP contribution in [0.1, 0.15) is 4.88 Å². The van der Waals surface area contributed by atoms with E-state index in [1.807, 2.05) is 12.1 Å². The fourth-order valence-corrected chi connectivity index (χ4v) is 3.53. The van der Waals surface area contributed by atoms with Crippen molar-refractivity contribution in [2.24, 2.45) is 0 Å². The molecule has 0 fully saturated rings. The van der Waals surface area contributed by atoms with Crippen LogP contribution in [0.5, 0.6) is 5.75 Å². The molecule has 23 heavy (non-hydrogen) atoms. The minimum atomic E-state index is -0.318. The van der Waals surface area contributed by atoms with E-state index >= 15 is 0 Å². The van der Waals surface area contributed by atoms with E-state index < -0.39 is 0 Å². The number of nitrogens with one attached hydrogen (secondary N) is 2. The first kappa shape index (κ1) is 14.0. The van der Waals surface area contributed by atoms with E-state index in [1.54, 1.807) is 6.07 Å². The first-order chi connectivity index (χ1) is 11.2. The number of halogens is 1. The van der Waals surface area contributed by atoms with E-state index in [1.165, 1.54) is 28.3 Å². The lowest BCUT2D eigenvalue weighted by molar-refractivity contribution is 0.321. The monoisotopic (exact) mass is 332 g/mol. The molecule has 0 saturated heterocycles. The summed E-state index contributed by atoms with van der Waals surface area (Å²) in [6.07, 6.45) is 1.45. The molecule has 118 valence electrons. The summed E-state index contributed by atoms with van der Waals surface area (Å²) >= 11 is 1.45. The van der Waals surface area contributed by atoms with Crippen LogP contribution < -0.4 is 15.7 Å². The second-order valence-corrected chi connectivity index (χ2v) is 6.33. The molecule has 4 rings (SSSR count). The van der Waals surface area contributed by atoms with Crippen LogP contribution in [-0.4, -0.2) is 27.9 Å². The van der Waals surface area contributed by atoms with Gasteiger partial charge in [0.1, 0.15) is 24.5 Å². The molecule has 1 aliphatic rings. The van der Waals surface area contributed by atoms with Gasteiger partial charge in [0.25, 0.3) is 0 Å². The number of hydrogen-bond donors (Lipinski definition) is 2. The predicted molar refractivity (Wildman–Crippen MR) is 85.6 cm³/mol. The van der Waals surface area contributed by atoms with Gasteiger partial charge in [-0.15, -0.1) is 11.3 Å². The number of anilines is 1. The highest BCUT2D eigenvalue weighted by Crippen LogP contribution is 2.37. The van der Waals surface area contributed by atoms with Crippen LogP contribution in [0.25, 0.3) is 10.4 Å². The first-order valence-electron chi connectivity index (χ1n) is 7.10. The molecule has 0 aliphatic carbocycles. The third-order valence-corrected chi connectivity index (χ3v) is 4.72. The van der Waals surface area contributed by atoms with Crippen molar-refractivity contribution in [3.63, 3.8) is 0 Å². The molecule has 1 aliphatic heterocycles. The van der Waals surface area contributed by atoms with E-state index in [0.717, 1.165) is 15.4 Å². The number of fused-ring (bicyclic) bond motifs is 1. The van der Waals surface area contributed by atoms with Gasteiger partial charge in [-0.05, 0) is 18.2 Å². The highest BCUT2D eigenvalue weighted by atomic mass is 32.1.